The number of para-hydroxylation sites is 1. The molecule has 0 saturated heterocycles. The summed E-state index contributed by atoms with van der Waals surface area (Å²) in [5.74, 6) is 1.82. The summed E-state index contributed by atoms with van der Waals surface area (Å²) in [5.41, 5.74) is 6.52. The number of nitrogens with two attached hydrogens (primary N) is 1. The van der Waals surface area contributed by atoms with Gasteiger partial charge in [0, 0.05) is 5.02 Å². The molecule has 0 atom stereocenters. The molecule has 0 aromatic heterocycles. The van der Waals surface area contributed by atoms with E-state index in [-0.39, 0.29) is 6.10 Å². The fraction of sp³-hybridized carbons (Fsp3) is 0.200. The first-order chi connectivity index (χ1) is 9.06. The van der Waals surface area contributed by atoms with Crippen LogP contribution in [0.1, 0.15) is 13.8 Å². The van der Waals surface area contributed by atoms with Crippen molar-refractivity contribution < 1.29 is 9.47 Å². The van der Waals surface area contributed by atoms with Crippen LogP contribution >= 0.6 is 11.6 Å². The van der Waals surface area contributed by atoms with Crippen LogP contribution in [-0.4, -0.2) is 6.10 Å². The number of hydrogen-bond acceptors (Lipinski definition) is 3. The van der Waals surface area contributed by atoms with Crippen LogP contribution in [0.3, 0.4) is 0 Å². The highest BCUT2D eigenvalue weighted by Gasteiger charge is 2.09. The lowest BCUT2D eigenvalue weighted by molar-refractivity contribution is 0.243. The number of hydrogen-bond donors (Lipinski definition) is 1. The molecule has 0 fully saturated rings. The van der Waals surface area contributed by atoms with Crippen LogP contribution in [0.4, 0.5) is 5.69 Å². The third-order valence-electron chi connectivity index (χ3n) is 2.41. The second kappa shape index (κ2) is 5.85. The van der Waals surface area contributed by atoms with Gasteiger partial charge >= 0.3 is 0 Å². The molecule has 0 aliphatic heterocycles. The highest BCUT2D eigenvalue weighted by molar-refractivity contribution is 6.30. The van der Waals surface area contributed by atoms with E-state index < -0.39 is 0 Å². The lowest BCUT2D eigenvalue weighted by Gasteiger charge is -2.15. The SMILES string of the molecule is CC(C)Oc1cccc(Oc2cccc(Cl)c2)c1N. The van der Waals surface area contributed by atoms with Gasteiger partial charge in [0.2, 0.25) is 0 Å². The van der Waals surface area contributed by atoms with Gasteiger partial charge in [0.25, 0.3) is 0 Å². The Morgan fingerprint density at radius 1 is 1.05 bits per heavy atom. The van der Waals surface area contributed by atoms with E-state index in [1.807, 2.05) is 38.1 Å². The van der Waals surface area contributed by atoms with Crippen LogP contribution in [0.5, 0.6) is 17.2 Å². The first-order valence-corrected chi connectivity index (χ1v) is 6.42. The highest BCUT2D eigenvalue weighted by Crippen LogP contribution is 2.35. The van der Waals surface area contributed by atoms with Crippen molar-refractivity contribution in [3.63, 3.8) is 0 Å². The number of ether oxygens (including phenoxy) is 2. The molecular weight excluding hydrogens is 262 g/mol. The van der Waals surface area contributed by atoms with Gasteiger partial charge in [-0.3, -0.25) is 0 Å². The fourth-order valence-electron chi connectivity index (χ4n) is 1.63. The van der Waals surface area contributed by atoms with Crippen LogP contribution < -0.4 is 15.2 Å². The van der Waals surface area contributed by atoms with Crippen molar-refractivity contribution in [2.75, 3.05) is 5.73 Å². The third-order valence-corrected chi connectivity index (χ3v) is 2.65. The summed E-state index contributed by atoms with van der Waals surface area (Å²) < 4.78 is 11.3. The van der Waals surface area contributed by atoms with E-state index in [0.717, 1.165) is 0 Å². The summed E-state index contributed by atoms with van der Waals surface area (Å²) in [7, 11) is 0. The summed E-state index contributed by atoms with van der Waals surface area (Å²) in [5, 5.41) is 0.616. The molecule has 19 heavy (non-hydrogen) atoms. The number of halogens is 1. The minimum atomic E-state index is 0.0590. The van der Waals surface area contributed by atoms with E-state index in [1.54, 1.807) is 18.2 Å². The lowest BCUT2D eigenvalue weighted by atomic mass is 10.2. The maximum atomic E-state index is 6.03. The van der Waals surface area contributed by atoms with Crippen LogP contribution in [0.25, 0.3) is 0 Å². The van der Waals surface area contributed by atoms with Gasteiger partial charge in [-0.2, -0.15) is 0 Å². The molecule has 3 nitrogen and oxygen atoms in total. The summed E-state index contributed by atoms with van der Waals surface area (Å²) in [6, 6.07) is 12.6. The Labute approximate surface area is 117 Å². The molecule has 100 valence electrons. The predicted octanol–water partition coefficient (Wildman–Crippen LogP) is 4.50. The van der Waals surface area contributed by atoms with Gasteiger partial charge in [0.15, 0.2) is 5.75 Å². The normalized spacial score (nSPS) is 10.5. The average Bonchev–Trinajstić information content (AvgIpc) is 2.34. The van der Waals surface area contributed by atoms with Crippen molar-refractivity contribution in [3.8, 4) is 17.2 Å². The first kappa shape index (κ1) is 13.6. The topological polar surface area (TPSA) is 44.5 Å². The van der Waals surface area contributed by atoms with Gasteiger partial charge in [-0.05, 0) is 44.2 Å². The Kier molecular flexibility index (Phi) is 4.17. The van der Waals surface area contributed by atoms with Gasteiger partial charge in [-0.1, -0.05) is 23.7 Å². The van der Waals surface area contributed by atoms with Crippen molar-refractivity contribution >= 4 is 17.3 Å². The van der Waals surface area contributed by atoms with Crippen molar-refractivity contribution in [1.82, 2.24) is 0 Å². The van der Waals surface area contributed by atoms with E-state index >= 15 is 0 Å². The van der Waals surface area contributed by atoms with Crippen molar-refractivity contribution in [2.24, 2.45) is 0 Å². The van der Waals surface area contributed by atoms with E-state index in [0.29, 0.717) is 28.0 Å². The smallest absolute Gasteiger partial charge is 0.154 e. The fourth-order valence-corrected chi connectivity index (χ4v) is 1.81. The standard InChI is InChI=1S/C15H16ClNO2/c1-10(2)18-13-7-4-8-14(15(13)17)19-12-6-3-5-11(16)9-12/h3-10H,17H2,1-2H3. The lowest BCUT2D eigenvalue weighted by Crippen LogP contribution is -2.07. The molecule has 0 amide bonds. The van der Waals surface area contributed by atoms with Gasteiger partial charge < -0.3 is 15.2 Å². The molecule has 2 aromatic carbocycles. The Morgan fingerprint density at radius 2 is 1.74 bits per heavy atom. The molecule has 0 spiro atoms. The third kappa shape index (κ3) is 3.55. The molecule has 0 bridgehead atoms. The van der Waals surface area contributed by atoms with Crippen LogP contribution in [0.15, 0.2) is 42.5 Å². The molecule has 2 aromatic rings. The maximum Gasteiger partial charge on any atom is 0.154 e. The zero-order valence-corrected chi connectivity index (χ0v) is 11.6. The highest BCUT2D eigenvalue weighted by atomic mass is 35.5. The molecule has 0 saturated carbocycles. The van der Waals surface area contributed by atoms with E-state index in [9.17, 15) is 0 Å². The van der Waals surface area contributed by atoms with Gasteiger partial charge in [0.1, 0.15) is 17.2 Å². The Morgan fingerprint density at radius 3 is 2.42 bits per heavy atom. The quantitative estimate of drug-likeness (QED) is 0.837. The largest absolute Gasteiger partial charge is 0.489 e. The average molecular weight is 278 g/mol. The summed E-state index contributed by atoms with van der Waals surface area (Å²) in [6.07, 6.45) is 0.0590. The Bertz CT molecular complexity index is 570. The van der Waals surface area contributed by atoms with Crippen molar-refractivity contribution in [1.29, 1.82) is 0 Å². The van der Waals surface area contributed by atoms with E-state index in [2.05, 4.69) is 0 Å². The second-order valence-electron chi connectivity index (χ2n) is 4.39. The van der Waals surface area contributed by atoms with E-state index in [1.165, 1.54) is 0 Å². The van der Waals surface area contributed by atoms with E-state index in [4.69, 9.17) is 26.8 Å². The molecule has 4 heteroatoms. The summed E-state index contributed by atoms with van der Waals surface area (Å²) >= 11 is 5.92. The van der Waals surface area contributed by atoms with Gasteiger partial charge in [-0.15, -0.1) is 0 Å². The maximum absolute atomic E-state index is 6.03. The molecule has 2 N–H and O–H groups in total. The number of rotatable bonds is 4. The number of anilines is 1. The zero-order chi connectivity index (χ0) is 13.8. The molecule has 2 rings (SSSR count). The van der Waals surface area contributed by atoms with Crippen molar-refractivity contribution in [3.05, 3.63) is 47.5 Å². The first-order valence-electron chi connectivity index (χ1n) is 6.05. The minimum absolute atomic E-state index is 0.0590. The van der Waals surface area contributed by atoms with Gasteiger partial charge in [-0.25, -0.2) is 0 Å². The predicted molar refractivity (Wildman–Crippen MR) is 78.1 cm³/mol. The minimum Gasteiger partial charge on any atom is -0.489 e. The van der Waals surface area contributed by atoms with Crippen molar-refractivity contribution in [2.45, 2.75) is 20.0 Å². The van der Waals surface area contributed by atoms with Gasteiger partial charge in [0.05, 0.1) is 6.10 Å². The molecular formula is C15H16ClNO2. The molecule has 0 aliphatic carbocycles. The summed E-state index contributed by atoms with van der Waals surface area (Å²) in [4.78, 5) is 0. The molecule has 0 unspecified atom stereocenters. The number of nitrogen functional groups attached to an aromatic ring is 1. The van der Waals surface area contributed by atoms with Crippen LogP contribution in [0, 0.1) is 0 Å². The Hall–Kier alpha value is -1.87. The summed E-state index contributed by atoms with van der Waals surface area (Å²) in [6.45, 7) is 3.90. The van der Waals surface area contributed by atoms with Crippen LogP contribution in [0.2, 0.25) is 5.02 Å². The monoisotopic (exact) mass is 277 g/mol. The molecule has 0 heterocycles. The second-order valence-corrected chi connectivity index (χ2v) is 4.83. The Balaban J connectivity index is 2.25. The molecule has 0 radical (unpaired) electrons. The zero-order valence-electron chi connectivity index (χ0n) is 10.9. The molecule has 0 aliphatic rings. The number of benzene rings is 2. The van der Waals surface area contributed by atoms with Crippen LogP contribution in [-0.2, 0) is 0 Å².